The van der Waals surface area contributed by atoms with Crippen LogP contribution in [0.25, 0.3) is 10.9 Å². The van der Waals surface area contributed by atoms with Crippen molar-refractivity contribution < 1.29 is 10.3 Å². The van der Waals surface area contributed by atoms with Crippen LogP contribution in [0.4, 0.5) is 5.69 Å². The van der Waals surface area contributed by atoms with Crippen molar-refractivity contribution in [2.75, 3.05) is 0 Å². The maximum Gasteiger partial charge on any atom is 0.291 e. The third-order valence-corrected chi connectivity index (χ3v) is 3.01. The van der Waals surface area contributed by atoms with Crippen LogP contribution < -0.4 is 11.2 Å². The summed E-state index contributed by atoms with van der Waals surface area (Å²) in [6.45, 7) is 0. The normalized spacial score (nSPS) is 11.1. The molecule has 9 nitrogen and oxygen atoms in total. The Kier molecular flexibility index (Phi) is 6.06. The Hall–Kier alpha value is -3.88. The van der Waals surface area contributed by atoms with Gasteiger partial charge in [0.25, 0.3) is 5.09 Å². The van der Waals surface area contributed by atoms with Crippen molar-refractivity contribution in [3.05, 3.63) is 76.5 Å². The van der Waals surface area contributed by atoms with Crippen molar-refractivity contribution in [3.8, 4) is 0 Å². The third kappa shape index (κ3) is 5.67. The molecule has 0 fully saturated rings. The number of hydrogen-bond acceptors (Lipinski definition) is 4. The van der Waals surface area contributed by atoms with Crippen LogP contribution in [0, 0.1) is 10.1 Å². The van der Waals surface area contributed by atoms with E-state index in [0.29, 0.717) is 0 Å². The molecule has 3 aromatic rings. The van der Waals surface area contributed by atoms with Crippen LogP contribution in [0.15, 0.2) is 70.9 Å². The van der Waals surface area contributed by atoms with Crippen LogP contribution >= 0.6 is 0 Å². The molecule has 2 aromatic carbocycles. The highest BCUT2D eigenvalue weighted by Crippen LogP contribution is 2.15. The lowest BCUT2D eigenvalue weighted by molar-refractivity contribution is -0.742. The number of hydrogen-bond donors (Lipinski definition) is 4. The van der Waals surface area contributed by atoms with Gasteiger partial charge in [-0.2, -0.15) is 5.10 Å². The van der Waals surface area contributed by atoms with Gasteiger partial charge in [-0.25, -0.2) is 10.4 Å². The SMILES string of the molecule is NC(=Nc1ccccc1)N/N=C/c1c[nH]c2ccccc12.O=[N+]([O-])O. The summed E-state index contributed by atoms with van der Waals surface area (Å²) in [5.41, 5.74) is 11.3. The standard InChI is InChI=1S/C16H15N5.HNO3/c17-16(20-13-6-2-1-3-7-13)21-19-11-12-10-18-15-9-5-4-8-14(12)15;2-1(3)4/h1-11,18H,(H3,17,20,21);(H,2,3,4)/b19-11+;. The van der Waals surface area contributed by atoms with Gasteiger partial charge in [0.1, 0.15) is 0 Å². The van der Waals surface area contributed by atoms with E-state index in [2.05, 4.69) is 20.5 Å². The summed E-state index contributed by atoms with van der Waals surface area (Å²) in [7, 11) is 0. The highest BCUT2D eigenvalue weighted by atomic mass is 16.9. The monoisotopic (exact) mass is 340 g/mol. The summed E-state index contributed by atoms with van der Waals surface area (Å²) in [4.78, 5) is 15.7. The van der Waals surface area contributed by atoms with Crippen LogP contribution in [-0.2, 0) is 0 Å². The summed E-state index contributed by atoms with van der Waals surface area (Å²) in [6, 6.07) is 17.5. The number of nitrogens with one attached hydrogen (secondary N) is 2. The largest absolute Gasteiger partial charge is 0.368 e. The number of nitrogens with two attached hydrogens (primary N) is 1. The number of para-hydroxylation sites is 2. The third-order valence-electron chi connectivity index (χ3n) is 3.01. The van der Waals surface area contributed by atoms with E-state index in [9.17, 15) is 0 Å². The second-order valence-electron chi connectivity index (χ2n) is 4.73. The molecule has 0 aliphatic carbocycles. The zero-order valence-corrected chi connectivity index (χ0v) is 13.0. The van der Waals surface area contributed by atoms with Gasteiger partial charge in [0.15, 0.2) is 0 Å². The van der Waals surface area contributed by atoms with Crippen LogP contribution in [0.5, 0.6) is 0 Å². The molecule has 0 saturated heterocycles. The maximum atomic E-state index is 8.36. The summed E-state index contributed by atoms with van der Waals surface area (Å²) in [5, 5.41) is 18.9. The second kappa shape index (κ2) is 8.67. The second-order valence-corrected chi connectivity index (χ2v) is 4.73. The maximum absolute atomic E-state index is 8.36. The van der Waals surface area contributed by atoms with Crippen molar-refractivity contribution in [3.63, 3.8) is 0 Å². The molecule has 3 rings (SSSR count). The fraction of sp³-hybridized carbons (Fsp3) is 0. The molecule has 0 unspecified atom stereocenters. The minimum absolute atomic E-state index is 0.247. The molecule has 0 aliphatic heterocycles. The number of benzene rings is 2. The van der Waals surface area contributed by atoms with Crippen molar-refractivity contribution in [1.82, 2.24) is 10.4 Å². The molecule has 0 atom stereocenters. The molecular formula is C16H16N6O3. The average molecular weight is 340 g/mol. The molecule has 1 heterocycles. The van der Waals surface area contributed by atoms with Crippen LogP contribution in [0.1, 0.15) is 5.56 Å². The molecule has 0 aliphatic rings. The first-order valence-electron chi connectivity index (χ1n) is 7.14. The number of hydrazone groups is 1. The fourth-order valence-electron chi connectivity index (χ4n) is 2.04. The van der Waals surface area contributed by atoms with Crippen molar-refractivity contribution in [2.45, 2.75) is 0 Å². The minimum Gasteiger partial charge on any atom is -0.368 e. The molecule has 9 heteroatoms. The Morgan fingerprint density at radius 1 is 1.20 bits per heavy atom. The Balaban J connectivity index is 0.000000511. The van der Waals surface area contributed by atoms with Gasteiger partial charge in [-0.05, 0) is 18.2 Å². The van der Waals surface area contributed by atoms with E-state index >= 15 is 0 Å². The molecular weight excluding hydrogens is 324 g/mol. The van der Waals surface area contributed by atoms with E-state index in [1.165, 1.54) is 0 Å². The van der Waals surface area contributed by atoms with Gasteiger partial charge in [-0.1, -0.05) is 36.4 Å². The smallest absolute Gasteiger partial charge is 0.291 e. The lowest BCUT2D eigenvalue weighted by Crippen LogP contribution is -2.26. The number of guanidine groups is 1. The minimum atomic E-state index is -1.50. The van der Waals surface area contributed by atoms with E-state index in [4.69, 9.17) is 21.1 Å². The Morgan fingerprint density at radius 2 is 1.84 bits per heavy atom. The van der Waals surface area contributed by atoms with Crippen LogP contribution in [-0.4, -0.2) is 27.5 Å². The number of nitrogens with zero attached hydrogens (tertiary/aromatic N) is 3. The number of aromatic nitrogens is 1. The van der Waals surface area contributed by atoms with Gasteiger partial charge in [0, 0.05) is 22.7 Å². The molecule has 128 valence electrons. The van der Waals surface area contributed by atoms with Crippen molar-refractivity contribution >= 4 is 28.8 Å². The Labute approximate surface area is 142 Å². The van der Waals surface area contributed by atoms with Crippen molar-refractivity contribution in [2.24, 2.45) is 15.8 Å². The van der Waals surface area contributed by atoms with Gasteiger partial charge in [0.2, 0.25) is 5.96 Å². The first-order chi connectivity index (χ1) is 12.1. The molecule has 0 amide bonds. The zero-order chi connectivity index (χ0) is 18.1. The first kappa shape index (κ1) is 17.5. The van der Waals surface area contributed by atoms with Gasteiger partial charge in [0.05, 0.1) is 11.9 Å². The van der Waals surface area contributed by atoms with Crippen LogP contribution in [0.3, 0.4) is 0 Å². The topological polar surface area (TPSA) is 142 Å². The van der Waals surface area contributed by atoms with Crippen LogP contribution in [0.2, 0.25) is 0 Å². The quantitative estimate of drug-likeness (QED) is 0.251. The number of fused-ring (bicyclic) bond motifs is 1. The molecule has 0 saturated carbocycles. The summed E-state index contributed by atoms with van der Waals surface area (Å²) in [6.07, 6.45) is 3.62. The van der Waals surface area contributed by atoms with Gasteiger partial charge < -0.3 is 15.9 Å². The highest BCUT2D eigenvalue weighted by Gasteiger charge is 1.99. The number of aliphatic imine (C=N–C) groups is 1. The summed E-state index contributed by atoms with van der Waals surface area (Å²) < 4.78 is 0. The van der Waals surface area contributed by atoms with E-state index in [1.54, 1.807) is 6.21 Å². The zero-order valence-electron chi connectivity index (χ0n) is 13.0. The van der Waals surface area contributed by atoms with E-state index in [1.807, 2.05) is 60.8 Å². The van der Waals surface area contributed by atoms with Gasteiger partial charge >= 0.3 is 0 Å². The number of H-pyrrole nitrogens is 1. The van der Waals surface area contributed by atoms with E-state index in [-0.39, 0.29) is 5.96 Å². The van der Waals surface area contributed by atoms with Gasteiger partial charge in [-0.15, -0.1) is 10.1 Å². The van der Waals surface area contributed by atoms with Crippen molar-refractivity contribution in [1.29, 1.82) is 0 Å². The van der Waals surface area contributed by atoms with Gasteiger partial charge in [-0.3, -0.25) is 0 Å². The average Bonchev–Trinajstić information content (AvgIpc) is 2.99. The first-order valence-corrected chi connectivity index (χ1v) is 7.14. The van der Waals surface area contributed by atoms with E-state index in [0.717, 1.165) is 22.2 Å². The lowest BCUT2D eigenvalue weighted by Gasteiger charge is -1.98. The molecule has 0 radical (unpaired) electrons. The molecule has 0 bridgehead atoms. The molecule has 1 aromatic heterocycles. The number of aromatic amines is 1. The summed E-state index contributed by atoms with van der Waals surface area (Å²) in [5.74, 6) is 0.247. The Bertz CT molecular complexity index is 885. The van der Waals surface area contributed by atoms with E-state index < -0.39 is 5.09 Å². The number of rotatable bonds is 3. The molecule has 5 N–H and O–H groups in total. The Morgan fingerprint density at radius 3 is 2.56 bits per heavy atom. The fourth-order valence-corrected chi connectivity index (χ4v) is 2.04. The summed E-state index contributed by atoms with van der Waals surface area (Å²) >= 11 is 0. The predicted molar refractivity (Wildman–Crippen MR) is 95.5 cm³/mol. The molecule has 25 heavy (non-hydrogen) atoms. The molecule has 0 spiro atoms. The lowest BCUT2D eigenvalue weighted by atomic mass is 10.2. The predicted octanol–water partition coefficient (Wildman–Crippen LogP) is 2.39. The highest BCUT2D eigenvalue weighted by molar-refractivity contribution is 5.99.